The average molecular weight is 431 g/mol. The van der Waals surface area contributed by atoms with Gasteiger partial charge in [0, 0.05) is 25.7 Å². The molecule has 0 N–H and O–H groups in total. The second-order valence-electron chi connectivity index (χ2n) is 6.19. The van der Waals surface area contributed by atoms with Crippen molar-refractivity contribution in [2.75, 3.05) is 26.2 Å². The standard InChI is InChI=1S/C20H19Cl4NO/c21-17-4-2-15(12-19(17)23)14-6-9-25(10-7-14)8-1-11-26-16-3-5-18(22)20(24)13-16/h2-6,12-13H,1,7-11H2. The van der Waals surface area contributed by atoms with Gasteiger partial charge in [0.25, 0.3) is 0 Å². The molecule has 0 amide bonds. The molecule has 0 atom stereocenters. The zero-order valence-corrected chi connectivity index (χ0v) is 17.2. The zero-order chi connectivity index (χ0) is 18.5. The van der Waals surface area contributed by atoms with Crippen molar-refractivity contribution < 1.29 is 4.74 Å². The van der Waals surface area contributed by atoms with Crippen LogP contribution >= 0.6 is 46.4 Å². The van der Waals surface area contributed by atoms with E-state index < -0.39 is 0 Å². The van der Waals surface area contributed by atoms with Crippen LogP contribution in [-0.4, -0.2) is 31.1 Å². The third kappa shape index (κ3) is 5.31. The third-order valence-electron chi connectivity index (χ3n) is 4.36. The smallest absolute Gasteiger partial charge is 0.120 e. The minimum absolute atomic E-state index is 0.514. The maximum absolute atomic E-state index is 6.12. The van der Waals surface area contributed by atoms with Gasteiger partial charge in [-0.3, -0.25) is 4.90 Å². The summed E-state index contributed by atoms with van der Waals surface area (Å²) in [6.45, 7) is 3.60. The molecule has 2 aromatic carbocycles. The van der Waals surface area contributed by atoms with Crippen molar-refractivity contribution in [2.24, 2.45) is 0 Å². The molecule has 26 heavy (non-hydrogen) atoms. The minimum Gasteiger partial charge on any atom is -0.493 e. The molecule has 2 aromatic rings. The van der Waals surface area contributed by atoms with Crippen molar-refractivity contribution in [3.05, 3.63) is 68.1 Å². The highest BCUT2D eigenvalue weighted by molar-refractivity contribution is 6.42. The van der Waals surface area contributed by atoms with Gasteiger partial charge in [0.2, 0.25) is 0 Å². The SMILES string of the molecule is Clc1ccc(OCCCN2CC=C(c3ccc(Cl)c(Cl)c3)CC2)cc1Cl. The summed E-state index contributed by atoms with van der Waals surface area (Å²) < 4.78 is 5.74. The van der Waals surface area contributed by atoms with Gasteiger partial charge in [-0.2, -0.15) is 0 Å². The van der Waals surface area contributed by atoms with Crippen LogP contribution in [0.3, 0.4) is 0 Å². The van der Waals surface area contributed by atoms with Crippen LogP contribution in [0.4, 0.5) is 0 Å². The van der Waals surface area contributed by atoms with Crippen LogP contribution in [0.25, 0.3) is 5.57 Å². The molecule has 0 saturated carbocycles. The Hall–Kier alpha value is -0.900. The Morgan fingerprint density at radius 1 is 0.885 bits per heavy atom. The first-order valence-corrected chi connectivity index (χ1v) is 9.99. The van der Waals surface area contributed by atoms with Crippen LogP contribution in [-0.2, 0) is 0 Å². The Bertz CT molecular complexity index is 806. The lowest BCUT2D eigenvalue weighted by molar-refractivity contribution is 0.248. The van der Waals surface area contributed by atoms with Crippen molar-refractivity contribution in [1.29, 1.82) is 0 Å². The lowest BCUT2D eigenvalue weighted by Gasteiger charge is -2.26. The first kappa shape index (κ1) is 19.9. The van der Waals surface area contributed by atoms with Crippen molar-refractivity contribution in [3.8, 4) is 5.75 Å². The van der Waals surface area contributed by atoms with Crippen LogP contribution < -0.4 is 4.74 Å². The fraction of sp³-hybridized carbons (Fsp3) is 0.300. The largest absolute Gasteiger partial charge is 0.493 e. The molecule has 1 heterocycles. The van der Waals surface area contributed by atoms with E-state index >= 15 is 0 Å². The molecule has 6 heteroatoms. The Morgan fingerprint density at radius 3 is 2.27 bits per heavy atom. The normalized spacial score (nSPS) is 15.0. The van der Waals surface area contributed by atoms with E-state index in [0.29, 0.717) is 26.7 Å². The molecule has 0 unspecified atom stereocenters. The number of halogens is 4. The number of ether oxygens (including phenoxy) is 1. The Balaban J connectivity index is 1.44. The fourth-order valence-electron chi connectivity index (χ4n) is 2.92. The molecule has 0 radical (unpaired) electrons. The number of benzene rings is 2. The highest BCUT2D eigenvalue weighted by Gasteiger charge is 2.13. The predicted molar refractivity (Wildman–Crippen MR) is 112 cm³/mol. The highest BCUT2D eigenvalue weighted by atomic mass is 35.5. The molecule has 2 nitrogen and oxygen atoms in total. The minimum atomic E-state index is 0.514. The maximum atomic E-state index is 6.12. The van der Waals surface area contributed by atoms with E-state index in [4.69, 9.17) is 51.1 Å². The average Bonchev–Trinajstić information content (AvgIpc) is 2.64. The molecular weight excluding hydrogens is 412 g/mol. The van der Waals surface area contributed by atoms with E-state index in [-0.39, 0.29) is 0 Å². The molecule has 3 rings (SSSR count). The summed E-state index contributed by atoms with van der Waals surface area (Å²) >= 11 is 24.0. The van der Waals surface area contributed by atoms with Crippen LogP contribution in [0.5, 0.6) is 5.75 Å². The van der Waals surface area contributed by atoms with Crippen LogP contribution in [0, 0.1) is 0 Å². The predicted octanol–water partition coefficient (Wildman–Crippen LogP) is 6.86. The van der Waals surface area contributed by atoms with Gasteiger partial charge in [0.05, 0.1) is 26.7 Å². The molecule has 0 aromatic heterocycles. The van der Waals surface area contributed by atoms with E-state index in [0.717, 1.165) is 43.8 Å². The van der Waals surface area contributed by atoms with E-state index in [2.05, 4.69) is 11.0 Å². The summed E-state index contributed by atoms with van der Waals surface area (Å²) in [7, 11) is 0. The van der Waals surface area contributed by atoms with Gasteiger partial charge in [-0.15, -0.1) is 0 Å². The van der Waals surface area contributed by atoms with Gasteiger partial charge in [-0.25, -0.2) is 0 Å². The molecule has 0 bridgehead atoms. The Labute approximate surface area is 174 Å². The zero-order valence-electron chi connectivity index (χ0n) is 14.2. The number of hydrogen-bond acceptors (Lipinski definition) is 2. The van der Waals surface area contributed by atoms with E-state index in [1.807, 2.05) is 24.3 Å². The van der Waals surface area contributed by atoms with Crippen LogP contribution in [0.15, 0.2) is 42.5 Å². The van der Waals surface area contributed by atoms with Crippen molar-refractivity contribution in [2.45, 2.75) is 12.8 Å². The van der Waals surface area contributed by atoms with Gasteiger partial charge in [0.1, 0.15) is 5.75 Å². The van der Waals surface area contributed by atoms with Gasteiger partial charge in [0.15, 0.2) is 0 Å². The van der Waals surface area contributed by atoms with Gasteiger partial charge < -0.3 is 4.74 Å². The molecule has 0 spiro atoms. The maximum Gasteiger partial charge on any atom is 0.120 e. The first-order valence-electron chi connectivity index (χ1n) is 8.47. The molecule has 1 aliphatic rings. The lowest BCUT2D eigenvalue weighted by Crippen LogP contribution is -2.30. The van der Waals surface area contributed by atoms with E-state index in [1.165, 1.54) is 5.57 Å². The monoisotopic (exact) mass is 429 g/mol. The van der Waals surface area contributed by atoms with E-state index in [9.17, 15) is 0 Å². The second-order valence-corrected chi connectivity index (χ2v) is 7.82. The number of nitrogens with zero attached hydrogens (tertiary/aromatic N) is 1. The van der Waals surface area contributed by atoms with Crippen molar-refractivity contribution >= 4 is 52.0 Å². The molecule has 0 saturated heterocycles. The van der Waals surface area contributed by atoms with E-state index in [1.54, 1.807) is 12.1 Å². The number of hydrogen-bond donors (Lipinski definition) is 0. The summed E-state index contributed by atoms with van der Waals surface area (Å²) in [6, 6.07) is 11.2. The highest BCUT2D eigenvalue weighted by Crippen LogP contribution is 2.29. The molecular formula is C20H19Cl4NO. The third-order valence-corrected chi connectivity index (χ3v) is 5.84. The second kappa shape index (κ2) is 9.34. The number of rotatable bonds is 6. The van der Waals surface area contributed by atoms with Gasteiger partial charge >= 0.3 is 0 Å². The van der Waals surface area contributed by atoms with Crippen molar-refractivity contribution in [1.82, 2.24) is 4.90 Å². The molecule has 1 aliphatic heterocycles. The molecule has 0 aliphatic carbocycles. The quantitative estimate of drug-likeness (QED) is 0.464. The molecule has 0 fully saturated rings. The van der Waals surface area contributed by atoms with Gasteiger partial charge in [-0.05, 0) is 48.2 Å². The molecule has 138 valence electrons. The summed E-state index contributed by atoms with van der Waals surface area (Å²) in [6.07, 6.45) is 4.23. The van der Waals surface area contributed by atoms with Gasteiger partial charge in [-0.1, -0.05) is 58.5 Å². The Morgan fingerprint density at radius 2 is 1.62 bits per heavy atom. The summed E-state index contributed by atoms with van der Waals surface area (Å²) in [5.41, 5.74) is 2.48. The first-order chi connectivity index (χ1) is 12.5. The lowest BCUT2D eigenvalue weighted by atomic mass is 9.99. The summed E-state index contributed by atoms with van der Waals surface area (Å²) in [5.74, 6) is 0.750. The Kier molecular flexibility index (Phi) is 7.13. The fourth-order valence-corrected chi connectivity index (χ4v) is 3.50. The van der Waals surface area contributed by atoms with Crippen LogP contribution in [0.1, 0.15) is 18.4 Å². The summed E-state index contributed by atoms with van der Waals surface area (Å²) in [5, 5.41) is 2.25. The van der Waals surface area contributed by atoms with Crippen molar-refractivity contribution in [3.63, 3.8) is 0 Å². The topological polar surface area (TPSA) is 12.5 Å². The summed E-state index contributed by atoms with van der Waals surface area (Å²) in [4.78, 5) is 2.42. The van der Waals surface area contributed by atoms with Crippen LogP contribution in [0.2, 0.25) is 20.1 Å².